The number of rotatable bonds is 11. The van der Waals surface area contributed by atoms with E-state index in [1.165, 1.54) is 4.90 Å². The number of imide groups is 1. The minimum Gasteiger partial charge on any atom is -0.496 e. The minimum absolute atomic E-state index is 0.123. The summed E-state index contributed by atoms with van der Waals surface area (Å²) in [4.78, 5) is 28.0. The first kappa shape index (κ1) is 27.2. The lowest BCUT2D eigenvalue weighted by Crippen LogP contribution is -2.45. The second-order valence-corrected chi connectivity index (χ2v) is 9.61. The van der Waals surface area contributed by atoms with E-state index in [0.29, 0.717) is 36.3 Å². The van der Waals surface area contributed by atoms with E-state index in [4.69, 9.17) is 14.2 Å². The summed E-state index contributed by atoms with van der Waals surface area (Å²) in [6.45, 7) is 1.99. The third-order valence-electron chi connectivity index (χ3n) is 7.15. The molecule has 0 bridgehead atoms. The predicted octanol–water partition coefficient (Wildman–Crippen LogP) is 5.27. The van der Waals surface area contributed by atoms with Gasteiger partial charge in [0.25, 0.3) is 0 Å². The second kappa shape index (κ2) is 12.6. The number of aryl methyl sites for hydroxylation is 1. The van der Waals surface area contributed by atoms with Gasteiger partial charge in [-0.1, -0.05) is 60.7 Å². The minimum atomic E-state index is -1.17. The predicted molar refractivity (Wildman–Crippen MR) is 144 cm³/mol. The van der Waals surface area contributed by atoms with E-state index in [2.05, 4.69) is 0 Å². The number of amides is 2. The maximum Gasteiger partial charge on any atom is 0.416 e. The molecule has 1 aliphatic heterocycles. The Morgan fingerprint density at radius 2 is 1.58 bits per heavy atom. The monoisotopic (exact) mass is 517 g/mol. The highest BCUT2D eigenvalue weighted by Crippen LogP contribution is 2.37. The van der Waals surface area contributed by atoms with Crippen molar-refractivity contribution in [2.45, 2.75) is 44.8 Å². The van der Waals surface area contributed by atoms with Crippen LogP contribution in [-0.4, -0.2) is 48.9 Å². The van der Waals surface area contributed by atoms with Crippen molar-refractivity contribution in [3.05, 3.63) is 95.1 Å². The average Bonchev–Trinajstić information content (AvgIpc) is 3.31. The number of benzene rings is 3. The molecule has 7 nitrogen and oxygen atoms in total. The number of hydrogen-bond acceptors (Lipinski definition) is 6. The summed E-state index contributed by atoms with van der Waals surface area (Å²) in [5, 5.41) is 11.6. The zero-order valence-corrected chi connectivity index (χ0v) is 22.1. The number of hydrogen-bond donors (Lipinski definition) is 1. The summed E-state index contributed by atoms with van der Waals surface area (Å²) in [5.74, 6) is -0.194. The standard InChI is InChI=1S/C31H35NO6/c1-21-27(36-2)18-24(19-28(21)37-3)29(33)26(16-10-15-22-11-6-4-7-12-22)30(34)32-25(20-38-31(32)35)17-23-13-8-5-9-14-23/h4-9,11-14,18-19,25-26,29,33H,10,15-17,20H2,1-3H3/t25-,26+,29+/m0/s1. The lowest BCUT2D eigenvalue weighted by atomic mass is 9.88. The Balaban J connectivity index is 1.62. The number of aliphatic hydroxyl groups is 1. The molecule has 0 saturated carbocycles. The maximum absolute atomic E-state index is 14.0. The van der Waals surface area contributed by atoms with E-state index in [1.807, 2.05) is 67.6 Å². The molecule has 200 valence electrons. The number of cyclic esters (lactones) is 1. The van der Waals surface area contributed by atoms with Crippen LogP contribution in [-0.2, 0) is 22.4 Å². The Morgan fingerprint density at radius 1 is 1.00 bits per heavy atom. The Morgan fingerprint density at radius 3 is 2.16 bits per heavy atom. The molecule has 4 rings (SSSR count). The Kier molecular flexibility index (Phi) is 9.02. The van der Waals surface area contributed by atoms with Crippen LogP contribution in [0.3, 0.4) is 0 Å². The van der Waals surface area contributed by atoms with Crippen molar-refractivity contribution >= 4 is 12.0 Å². The molecular formula is C31H35NO6. The average molecular weight is 518 g/mol. The third-order valence-corrected chi connectivity index (χ3v) is 7.15. The smallest absolute Gasteiger partial charge is 0.416 e. The number of nitrogens with zero attached hydrogens (tertiary/aromatic N) is 1. The van der Waals surface area contributed by atoms with Gasteiger partial charge in [0.1, 0.15) is 18.1 Å². The number of carbonyl (C=O) groups is 2. The van der Waals surface area contributed by atoms with Gasteiger partial charge in [-0.25, -0.2) is 9.69 Å². The second-order valence-electron chi connectivity index (χ2n) is 9.61. The van der Waals surface area contributed by atoms with E-state index in [0.717, 1.165) is 23.1 Å². The van der Waals surface area contributed by atoms with Crippen LogP contribution >= 0.6 is 0 Å². The Labute approximate surface area is 224 Å². The summed E-state index contributed by atoms with van der Waals surface area (Å²) in [6.07, 6.45) is 0.425. The van der Waals surface area contributed by atoms with Crippen molar-refractivity contribution in [3.63, 3.8) is 0 Å². The molecule has 1 saturated heterocycles. The molecule has 1 aliphatic rings. The van der Waals surface area contributed by atoms with Crippen molar-refractivity contribution in [3.8, 4) is 11.5 Å². The van der Waals surface area contributed by atoms with Gasteiger partial charge in [0.2, 0.25) is 5.91 Å². The summed E-state index contributed by atoms with van der Waals surface area (Å²) >= 11 is 0. The van der Waals surface area contributed by atoms with Gasteiger partial charge in [0.15, 0.2) is 0 Å². The third kappa shape index (κ3) is 6.17. The van der Waals surface area contributed by atoms with E-state index in [9.17, 15) is 14.7 Å². The molecule has 0 spiro atoms. The van der Waals surface area contributed by atoms with Gasteiger partial charge in [-0.2, -0.15) is 0 Å². The molecule has 0 unspecified atom stereocenters. The Bertz CT molecular complexity index is 1200. The van der Waals surface area contributed by atoms with Gasteiger partial charge < -0.3 is 19.3 Å². The van der Waals surface area contributed by atoms with Crippen LogP contribution in [0, 0.1) is 12.8 Å². The fourth-order valence-electron chi connectivity index (χ4n) is 5.04. The van der Waals surface area contributed by atoms with Crippen molar-refractivity contribution in [1.29, 1.82) is 0 Å². The van der Waals surface area contributed by atoms with Crippen LogP contribution in [0.5, 0.6) is 11.5 Å². The van der Waals surface area contributed by atoms with Crippen molar-refractivity contribution in [2.24, 2.45) is 5.92 Å². The van der Waals surface area contributed by atoms with E-state index >= 15 is 0 Å². The summed E-state index contributed by atoms with van der Waals surface area (Å²) < 4.78 is 16.3. The molecule has 0 radical (unpaired) electrons. The zero-order valence-electron chi connectivity index (χ0n) is 22.1. The van der Waals surface area contributed by atoms with Crippen molar-refractivity contribution in [1.82, 2.24) is 4.90 Å². The van der Waals surface area contributed by atoms with Crippen LogP contribution in [0.2, 0.25) is 0 Å². The molecule has 3 atom stereocenters. The first-order valence-electron chi connectivity index (χ1n) is 12.9. The normalized spacial score (nSPS) is 16.6. The molecule has 7 heteroatoms. The fourth-order valence-corrected chi connectivity index (χ4v) is 5.04. The van der Waals surface area contributed by atoms with Gasteiger partial charge >= 0.3 is 6.09 Å². The maximum atomic E-state index is 14.0. The van der Waals surface area contributed by atoms with Gasteiger partial charge in [0, 0.05) is 5.56 Å². The highest BCUT2D eigenvalue weighted by Gasteiger charge is 2.43. The highest BCUT2D eigenvalue weighted by molar-refractivity contribution is 5.95. The lowest BCUT2D eigenvalue weighted by Gasteiger charge is -2.29. The highest BCUT2D eigenvalue weighted by atomic mass is 16.6. The van der Waals surface area contributed by atoms with Crippen molar-refractivity contribution in [2.75, 3.05) is 20.8 Å². The summed E-state index contributed by atoms with van der Waals surface area (Å²) in [7, 11) is 3.10. The molecule has 0 aromatic heterocycles. The molecule has 3 aromatic carbocycles. The van der Waals surface area contributed by atoms with E-state index in [-0.39, 0.29) is 6.61 Å². The molecule has 1 heterocycles. The molecule has 2 amide bonds. The van der Waals surface area contributed by atoms with Crippen LogP contribution in [0.1, 0.15) is 41.2 Å². The van der Waals surface area contributed by atoms with Gasteiger partial charge in [-0.15, -0.1) is 0 Å². The SMILES string of the molecule is COc1cc([C@@H](O)[C@@H](CCCc2ccccc2)C(=O)N2C(=O)OC[C@@H]2Cc2ccccc2)cc(OC)c1C. The number of carbonyl (C=O) groups excluding carboxylic acids is 2. The van der Waals surface area contributed by atoms with Crippen LogP contribution < -0.4 is 9.47 Å². The van der Waals surface area contributed by atoms with Gasteiger partial charge in [0.05, 0.1) is 32.3 Å². The molecule has 1 fully saturated rings. The quantitative estimate of drug-likeness (QED) is 0.373. The molecule has 3 aromatic rings. The van der Waals surface area contributed by atoms with Gasteiger partial charge in [-0.3, -0.25) is 4.79 Å². The molecule has 0 aliphatic carbocycles. The topological polar surface area (TPSA) is 85.3 Å². The largest absolute Gasteiger partial charge is 0.496 e. The van der Waals surface area contributed by atoms with Crippen LogP contribution in [0.25, 0.3) is 0 Å². The van der Waals surface area contributed by atoms with E-state index in [1.54, 1.807) is 26.4 Å². The summed E-state index contributed by atoms with van der Waals surface area (Å²) in [6, 6.07) is 22.7. The first-order chi connectivity index (χ1) is 18.4. The number of aliphatic hydroxyl groups excluding tert-OH is 1. The molecule has 38 heavy (non-hydrogen) atoms. The van der Waals surface area contributed by atoms with Crippen LogP contribution in [0.4, 0.5) is 4.79 Å². The number of methoxy groups -OCH3 is 2. The fraction of sp³-hybridized carbons (Fsp3) is 0.355. The summed E-state index contributed by atoms with van der Waals surface area (Å²) in [5.41, 5.74) is 3.44. The lowest BCUT2D eigenvalue weighted by molar-refractivity contribution is -0.137. The van der Waals surface area contributed by atoms with Gasteiger partial charge in [-0.05, 0) is 61.4 Å². The Hall–Kier alpha value is -3.84. The van der Waals surface area contributed by atoms with Crippen LogP contribution in [0.15, 0.2) is 72.8 Å². The molecule has 1 N–H and O–H groups in total. The first-order valence-corrected chi connectivity index (χ1v) is 12.9. The van der Waals surface area contributed by atoms with Crippen molar-refractivity contribution < 1.29 is 28.9 Å². The zero-order chi connectivity index (χ0) is 27.1. The van der Waals surface area contributed by atoms with E-state index < -0.39 is 30.1 Å². The molecular weight excluding hydrogens is 482 g/mol. The number of ether oxygens (including phenoxy) is 3.